The van der Waals surface area contributed by atoms with Crippen LogP contribution in [0.1, 0.15) is 18.1 Å². The van der Waals surface area contributed by atoms with Gasteiger partial charge in [0, 0.05) is 14.2 Å². The molecule has 19 heavy (non-hydrogen) atoms. The predicted molar refractivity (Wildman–Crippen MR) is 74.4 cm³/mol. The van der Waals surface area contributed by atoms with E-state index in [4.69, 9.17) is 19.3 Å². The first-order chi connectivity index (χ1) is 9.26. The summed E-state index contributed by atoms with van der Waals surface area (Å²) in [6, 6.07) is 7.74. The molecule has 0 saturated carbocycles. The molecule has 0 aliphatic heterocycles. The minimum Gasteiger partial charge on any atom is -0.497 e. The summed E-state index contributed by atoms with van der Waals surface area (Å²) in [4.78, 5) is 0. The van der Waals surface area contributed by atoms with Crippen LogP contribution in [-0.2, 0) is 9.47 Å². The maximum Gasteiger partial charge on any atom is 0.119 e. The summed E-state index contributed by atoms with van der Waals surface area (Å²) in [5.74, 6) is 0.792. The van der Waals surface area contributed by atoms with Gasteiger partial charge in [0.25, 0.3) is 0 Å². The van der Waals surface area contributed by atoms with Gasteiger partial charge < -0.3 is 19.3 Å². The van der Waals surface area contributed by atoms with Gasteiger partial charge in [-0.2, -0.15) is 0 Å². The second kappa shape index (κ2) is 8.69. The fraction of sp³-hybridized carbons (Fsp3) is 0.467. The SMILES string of the molecule is COc1cccc([C@@H](OC)[C@@H](C/C=C/CO)OC)c1. The van der Waals surface area contributed by atoms with Gasteiger partial charge in [0.15, 0.2) is 0 Å². The molecule has 0 aromatic heterocycles. The third-order valence-corrected chi connectivity index (χ3v) is 2.96. The van der Waals surface area contributed by atoms with Gasteiger partial charge in [0.1, 0.15) is 11.9 Å². The molecule has 0 amide bonds. The Morgan fingerprint density at radius 3 is 2.53 bits per heavy atom. The number of aliphatic hydroxyl groups excluding tert-OH is 1. The number of hydrogen-bond donors (Lipinski definition) is 1. The van der Waals surface area contributed by atoms with Crippen LogP contribution in [-0.4, -0.2) is 39.1 Å². The third-order valence-electron chi connectivity index (χ3n) is 2.96. The van der Waals surface area contributed by atoms with E-state index < -0.39 is 0 Å². The zero-order valence-corrected chi connectivity index (χ0v) is 11.7. The van der Waals surface area contributed by atoms with E-state index in [9.17, 15) is 0 Å². The van der Waals surface area contributed by atoms with Crippen LogP contribution in [0.4, 0.5) is 0 Å². The quantitative estimate of drug-likeness (QED) is 0.734. The van der Waals surface area contributed by atoms with Crippen molar-refractivity contribution in [2.75, 3.05) is 27.9 Å². The summed E-state index contributed by atoms with van der Waals surface area (Å²) in [7, 11) is 4.95. The lowest BCUT2D eigenvalue weighted by atomic mass is 10.0. The largest absolute Gasteiger partial charge is 0.497 e. The van der Waals surface area contributed by atoms with Crippen molar-refractivity contribution in [3.05, 3.63) is 42.0 Å². The molecule has 0 fully saturated rings. The van der Waals surface area contributed by atoms with E-state index in [1.165, 1.54) is 0 Å². The summed E-state index contributed by atoms with van der Waals surface area (Å²) in [6.07, 6.45) is 3.97. The lowest BCUT2D eigenvalue weighted by Gasteiger charge is -2.24. The van der Waals surface area contributed by atoms with Crippen molar-refractivity contribution in [3.63, 3.8) is 0 Å². The normalized spacial score (nSPS) is 14.5. The molecule has 0 unspecified atom stereocenters. The molecule has 0 heterocycles. The average molecular weight is 266 g/mol. The Balaban J connectivity index is 2.86. The minimum atomic E-state index is -0.177. The van der Waals surface area contributed by atoms with Crippen LogP contribution in [0.15, 0.2) is 36.4 Å². The Hall–Kier alpha value is -1.36. The van der Waals surface area contributed by atoms with Gasteiger partial charge in [0.05, 0.1) is 19.8 Å². The third kappa shape index (κ3) is 4.67. The Bertz CT molecular complexity index is 389. The zero-order chi connectivity index (χ0) is 14.1. The van der Waals surface area contributed by atoms with E-state index in [-0.39, 0.29) is 18.8 Å². The molecule has 0 spiro atoms. The molecule has 1 N–H and O–H groups in total. The highest BCUT2D eigenvalue weighted by Crippen LogP contribution is 2.27. The van der Waals surface area contributed by atoms with Crippen LogP contribution >= 0.6 is 0 Å². The van der Waals surface area contributed by atoms with Crippen LogP contribution in [0, 0.1) is 0 Å². The maximum absolute atomic E-state index is 8.76. The Kier molecular flexibility index (Phi) is 7.18. The summed E-state index contributed by atoms with van der Waals surface area (Å²) < 4.78 is 16.2. The molecule has 4 nitrogen and oxygen atoms in total. The van der Waals surface area contributed by atoms with Crippen LogP contribution in [0.2, 0.25) is 0 Å². The van der Waals surface area contributed by atoms with Gasteiger partial charge in [-0.3, -0.25) is 0 Å². The van der Waals surface area contributed by atoms with Crippen molar-refractivity contribution in [1.29, 1.82) is 0 Å². The smallest absolute Gasteiger partial charge is 0.119 e. The van der Waals surface area contributed by atoms with Crippen molar-refractivity contribution in [1.82, 2.24) is 0 Å². The first-order valence-electron chi connectivity index (χ1n) is 6.22. The second-order valence-electron chi connectivity index (χ2n) is 4.10. The molecule has 0 radical (unpaired) electrons. The molecule has 4 heteroatoms. The number of hydrogen-bond acceptors (Lipinski definition) is 4. The Morgan fingerprint density at radius 1 is 1.16 bits per heavy atom. The van der Waals surface area contributed by atoms with Crippen LogP contribution < -0.4 is 4.74 Å². The van der Waals surface area contributed by atoms with Crippen molar-refractivity contribution in [3.8, 4) is 5.75 Å². The topological polar surface area (TPSA) is 47.9 Å². The van der Waals surface area contributed by atoms with Crippen LogP contribution in [0.5, 0.6) is 5.75 Å². The number of benzene rings is 1. The highest BCUT2D eigenvalue weighted by Gasteiger charge is 2.22. The van der Waals surface area contributed by atoms with E-state index >= 15 is 0 Å². The van der Waals surface area contributed by atoms with Crippen molar-refractivity contribution < 1.29 is 19.3 Å². The molecule has 1 aromatic carbocycles. The monoisotopic (exact) mass is 266 g/mol. The molecule has 0 aliphatic carbocycles. The lowest BCUT2D eigenvalue weighted by molar-refractivity contribution is -0.0359. The number of methoxy groups -OCH3 is 3. The van der Waals surface area contributed by atoms with Crippen molar-refractivity contribution in [2.45, 2.75) is 18.6 Å². The fourth-order valence-corrected chi connectivity index (χ4v) is 1.97. The van der Waals surface area contributed by atoms with E-state index in [1.54, 1.807) is 27.4 Å². The molecular formula is C15H22O4. The van der Waals surface area contributed by atoms with Gasteiger partial charge in [-0.1, -0.05) is 24.3 Å². The summed E-state index contributed by atoms with van der Waals surface area (Å²) in [5.41, 5.74) is 1.01. The van der Waals surface area contributed by atoms with Gasteiger partial charge in [-0.15, -0.1) is 0 Å². The first-order valence-corrected chi connectivity index (χ1v) is 6.22. The van der Waals surface area contributed by atoms with Gasteiger partial charge >= 0.3 is 0 Å². The van der Waals surface area contributed by atoms with Crippen molar-refractivity contribution >= 4 is 0 Å². The summed E-state index contributed by atoms with van der Waals surface area (Å²) in [6.45, 7) is 0.0350. The van der Waals surface area contributed by atoms with E-state index in [1.807, 2.05) is 30.3 Å². The Morgan fingerprint density at radius 2 is 1.95 bits per heavy atom. The molecule has 2 atom stereocenters. The number of rotatable bonds is 8. The van der Waals surface area contributed by atoms with Crippen LogP contribution in [0.3, 0.4) is 0 Å². The second-order valence-corrected chi connectivity index (χ2v) is 4.10. The summed E-state index contributed by atoms with van der Waals surface area (Å²) in [5, 5.41) is 8.76. The maximum atomic E-state index is 8.76. The lowest BCUT2D eigenvalue weighted by Crippen LogP contribution is -2.22. The number of aliphatic hydroxyl groups is 1. The van der Waals surface area contributed by atoms with E-state index in [0.717, 1.165) is 11.3 Å². The number of ether oxygens (including phenoxy) is 3. The van der Waals surface area contributed by atoms with Gasteiger partial charge in [-0.25, -0.2) is 0 Å². The van der Waals surface area contributed by atoms with Gasteiger partial charge in [0.2, 0.25) is 0 Å². The molecule has 0 bridgehead atoms. The first kappa shape index (κ1) is 15.7. The molecule has 1 aromatic rings. The average Bonchev–Trinajstić information content (AvgIpc) is 2.46. The summed E-state index contributed by atoms with van der Waals surface area (Å²) >= 11 is 0. The highest BCUT2D eigenvalue weighted by molar-refractivity contribution is 5.30. The Labute approximate surface area is 114 Å². The molecular weight excluding hydrogens is 244 g/mol. The standard InChI is InChI=1S/C15H22O4/c1-17-13-8-6-7-12(11-13)15(19-3)14(18-2)9-4-5-10-16/h4-8,11,14-16H,9-10H2,1-3H3/b5-4+/t14-,15-/m1/s1. The zero-order valence-electron chi connectivity index (χ0n) is 11.7. The van der Waals surface area contributed by atoms with Gasteiger partial charge in [-0.05, 0) is 24.1 Å². The molecule has 106 valence electrons. The van der Waals surface area contributed by atoms with Crippen molar-refractivity contribution in [2.24, 2.45) is 0 Å². The molecule has 1 rings (SSSR count). The minimum absolute atomic E-state index is 0.0350. The van der Waals surface area contributed by atoms with E-state index in [2.05, 4.69) is 0 Å². The molecule has 0 aliphatic rings. The van der Waals surface area contributed by atoms with Crippen LogP contribution in [0.25, 0.3) is 0 Å². The van der Waals surface area contributed by atoms with E-state index in [0.29, 0.717) is 6.42 Å². The fourth-order valence-electron chi connectivity index (χ4n) is 1.97. The molecule has 0 saturated heterocycles. The predicted octanol–water partition coefficient (Wildman–Crippen LogP) is 2.34. The highest BCUT2D eigenvalue weighted by atomic mass is 16.5.